The number of fused-ring (bicyclic) bond motifs is 1. The first kappa shape index (κ1) is 25.2. The Balaban J connectivity index is 1.92. The molecule has 184 valence electrons. The number of hydrogen-bond acceptors (Lipinski definition) is 7. The number of nitrogens with zero attached hydrogens (tertiary/aromatic N) is 2. The van der Waals surface area contributed by atoms with Crippen LogP contribution in [0.3, 0.4) is 0 Å². The highest BCUT2D eigenvalue weighted by Gasteiger charge is 2.30. The van der Waals surface area contributed by atoms with E-state index < -0.39 is 28.5 Å². The van der Waals surface area contributed by atoms with Gasteiger partial charge in [0.25, 0.3) is 0 Å². The van der Waals surface area contributed by atoms with Gasteiger partial charge in [-0.2, -0.15) is 0 Å². The molecular weight excluding hydrogens is 462 g/mol. The molecule has 1 N–H and O–H groups in total. The number of carbonyl (C=O) groups is 2. The second-order valence-electron chi connectivity index (χ2n) is 7.76. The fourth-order valence-electron chi connectivity index (χ4n) is 3.56. The average Bonchev–Trinajstić information content (AvgIpc) is 2.83. The Morgan fingerprint density at radius 1 is 1.12 bits per heavy atom. The molecule has 0 fully saturated rings. The number of rotatable bonds is 9. The summed E-state index contributed by atoms with van der Waals surface area (Å²) in [7, 11) is -0.828. The zero-order valence-corrected chi connectivity index (χ0v) is 20.4. The minimum Gasteiger partial charge on any atom is -0.497 e. The molecule has 0 bridgehead atoms. The Kier molecular flexibility index (Phi) is 7.87. The summed E-state index contributed by atoms with van der Waals surface area (Å²) >= 11 is 0. The van der Waals surface area contributed by atoms with Crippen molar-refractivity contribution in [2.24, 2.45) is 0 Å². The molecular formula is C23H29N3O7S. The van der Waals surface area contributed by atoms with Gasteiger partial charge < -0.3 is 24.4 Å². The zero-order valence-electron chi connectivity index (χ0n) is 19.6. The third kappa shape index (κ3) is 5.90. The molecule has 0 aromatic heterocycles. The van der Waals surface area contributed by atoms with Crippen LogP contribution in [-0.2, 0) is 26.2 Å². The van der Waals surface area contributed by atoms with Crippen molar-refractivity contribution >= 4 is 27.5 Å². The van der Waals surface area contributed by atoms with Crippen molar-refractivity contribution in [2.45, 2.75) is 19.5 Å². The fourth-order valence-corrected chi connectivity index (χ4v) is 4.40. The minimum absolute atomic E-state index is 0.0867. The Morgan fingerprint density at radius 2 is 1.82 bits per heavy atom. The Hall–Kier alpha value is -3.47. The summed E-state index contributed by atoms with van der Waals surface area (Å²) < 4.78 is 42.6. The summed E-state index contributed by atoms with van der Waals surface area (Å²) in [6.07, 6.45) is 1.02. The Bertz CT molecular complexity index is 1150. The Morgan fingerprint density at radius 3 is 2.47 bits per heavy atom. The molecule has 1 aliphatic rings. The van der Waals surface area contributed by atoms with Crippen molar-refractivity contribution < 1.29 is 32.2 Å². The molecule has 3 rings (SSSR count). The maximum atomic E-state index is 13.4. The maximum absolute atomic E-state index is 13.4. The van der Waals surface area contributed by atoms with E-state index in [0.29, 0.717) is 30.5 Å². The third-order valence-electron chi connectivity index (χ3n) is 5.39. The van der Waals surface area contributed by atoms with Crippen LogP contribution in [0.2, 0.25) is 0 Å². The van der Waals surface area contributed by atoms with Crippen molar-refractivity contribution in [3.8, 4) is 17.2 Å². The van der Waals surface area contributed by atoms with E-state index in [0.717, 1.165) is 16.1 Å². The maximum Gasteiger partial charge on any atom is 0.244 e. The van der Waals surface area contributed by atoms with Gasteiger partial charge >= 0.3 is 0 Å². The monoisotopic (exact) mass is 491 g/mol. The summed E-state index contributed by atoms with van der Waals surface area (Å²) in [5, 5.41) is 2.54. The molecule has 1 heterocycles. The molecule has 2 aromatic rings. The predicted molar refractivity (Wildman–Crippen MR) is 127 cm³/mol. The van der Waals surface area contributed by atoms with Crippen LogP contribution in [0, 0.1) is 0 Å². The van der Waals surface area contributed by atoms with Gasteiger partial charge in [0.15, 0.2) is 11.5 Å². The third-order valence-corrected chi connectivity index (χ3v) is 6.53. The standard InChI is InChI=1S/C23H29N3O7S/c1-16(23(28)24-2)25(14-17-6-5-7-19(12-17)31-3)22(27)15-26(34(4,29)30)18-8-9-20-21(13-18)33-11-10-32-20/h5-9,12-13,16H,10-11,14-15H2,1-4H3,(H,24,28). The highest BCUT2D eigenvalue weighted by Crippen LogP contribution is 2.34. The SMILES string of the molecule is CNC(=O)C(C)N(Cc1cccc(OC)c1)C(=O)CN(c1ccc2c(c1)OCCO2)S(C)(=O)=O. The number of ether oxygens (including phenoxy) is 3. The molecule has 0 spiro atoms. The molecule has 10 nitrogen and oxygen atoms in total. The summed E-state index contributed by atoms with van der Waals surface area (Å²) in [4.78, 5) is 27.2. The molecule has 2 aromatic carbocycles. The molecule has 1 aliphatic heterocycles. The predicted octanol–water partition coefficient (Wildman–Crippen LogP) is 1.40. The molecule has 0 saturated heterocycles. The minimum atomic E-state index is -3.84. The van der Waals surface area contributed by atoms with E-state index in [9.17, 15) is 18.0 Å². The fraction of sp³-hybridized carbons (Fsp3) is 0.391. The van der Waals surface area contributed by atoms with E-state index in [4.69, 9.17) is 14.2 Å². The van der Waals surface area contributed by atoms with Crippen LogP contribution in [0.4, 0.5) is 5.69 Å². The van der Waals surface area contributed by atoms with Crippen LogP contribution < -0.4 is 23.8 Å². The number of hydrogen-bond donors (Lipinski definition) is 1. The molecule has 1 atom stereocenters. The second-order valence-corrected chi connectivity index (χ2v) is 9.67. The van der Waals surface area contributed by atoms with Gasteiger partial charge in [-0.25, -0.2) is 8.42 Å². The van der Waals surface area contributed by atoms with Gasteiger partial charge in [0.2, 0.25) is 21.8 Å². The van der Waals surface area contributed by atoms with E-state index in [1.807, 2.05) is 0 Å². The van der Waals surface area contributed by atoms with Gasteiger partial charge in [-0.15, -0.1) is 0 Å². The van der Waals surface area contributed by atoms with E-state index in [1.54, 1.807) is 43.3 Å². The number of nitrogens with one attached hydrogen (secondary N) is 1. The average molecular weight is 492 g/mol. The number of carbonyl (C=O) groups excluding carboxylic acids is 2. The van der Waals surface area contributed by atoms with Crippen LogP contribution in [0.25, 0.3) is 0 Å². The van der Waals surface area contributed by atoms with E-state index in [2.05, 4.69) is 5.32 Å². The van der Waals surface area contributed by atoms with Gasteiger partial charge in [-0.1, -0.05) is 12.1 Å². The summed E-state index contributed by atoms with van der Waals surface area (Å²) in [5.41, 5.74) is 0.989. The molecule has 0 aliphatic carbocycles. The van der Waals surface area contributed by atoms with Crippen LogP contribution >= 0.6 is 0 Å². The van der Waals surface area contributed by atoms with Crippen molar-refractivity contribution in [3.63, 3.8) is 0 Å². The van der Waals surface area contributed by atoms with Crippen molar-refractivity contribution in [1.29, 1.82) is 0 Å². The van der Waals surface area contributed by atoms with Gasteiger partial charge in [0.05, 0.1) is 19.1 Å². The lowest BCUT2D eigenvalue weighted by Gasteiger charge is -2.31. The molecule has 0 saturated carbocycles. The van der Waals surface area contributed by atoms with Crippen LogP contribution in [0.5, 0.6) is 17.2 Å². The van der Waals surface area contributed by atoms with Gasteiger partial charge in [-0.05, 0) is 36.8 Å². The molecule has 0 radical (unpaired) electrons. The number of sulfonamides is 1. The topological polar surface area (TPSA) is 114 Å². The second kappa shape index (κ2) is 10.6. The van der Waals surface area contributed by atoms with Crippen molar-refractivity contribution in [1.82, 2.24) is 10.2 Å². The Labute approximate surface area is 199 Å². The van der Waals surface area contributed by atoms with Gasteiger partial charge in [-0.3, -0.25) is 13.9 Å². The van der Waals surface area contributed by atoms with Crippen molar-refractivity contribution in [2.75, 3.05) is 44.5 Å². The number of benzene rings is 2. The number of anilines is 1. The van der Waals surface area contributed by atoms with Crippen LogP contribution in [0.15, 0.2) is 42.5 Å². The largest absolute Gasteiger partial charge is 0.497 e. The number of likely N-dealkylation sites (N-methyl/N-ethyl adjacent to an activating group) is 1. The first-order chi connectivity index (χ1) is 16.1. The van der Waals surface area contributed by atoms with E-state index >= 15 is 0 Å². The highest BCUT2D eigenvalue weighted by molar-refractivity contribution is 7.92. The summed E-state index contributed by atoms with van der Waals surface area (Å²) in [6.45, 7) is 1.92. The normalized spacial score (nSPS) is 13.5. The molecule has 34 heavy (non-hydrogen) atoms. The van der Waals surface area contributed by atoms with Gasteiger partial charge in [0, 0.05) is 19.7 Å². The lowest BCUT2D eigenvalue weighted by molar-refractivity contribution is -0.139. The van der Waals surface area contributed by atoms with Gasteiger partial charge in [0.1, 0.15) is 31.5 Å². The summed E-state index contributed by atoms with van der Waals surface area (Å²) in [6, 6.07) is 10.9. The van der Waals surface area contributed by atoms with Crippen LogP contribution in [0.1, 0.15) is 12.5 Å². The van der Waals surface area contributed by atoms with Crippen molar-refractivity contribution in [3.05, 3.63) is 48.0 Å². The smallest absolute Gasteiger partial charge is 0.244 e. The molecule has 1 unspecified atom stereocenters. The lowest BCUT2D eigenvalue weighted by atomic mass is 10.1. The van der Waals surface area contributed by atoms with E-state index in [-0.39, 0.29) is 18.1 Å². The zero-order chi connectivity index (χ0) is 24.9. The molecule has 11 heteroatoms. The summed E-state index contributed by atoms with van der Waals surface area (Å²) in [5.74, 6) is 0.590. The quantitative estimate of drug-likeness (QED) is 0.564. The first-order valence-corrected chi connectivity index (χ1v) is 12.5. The van der Waals surface area contributed by atoms with Crippen LogP contribution in [-0.4, -0.2) is 71.3 Å². The first-order valence-electron chi connectivity index (χ1n) is 10.7. The van der Waals surface area contributed by atoms with E-state index in [1.165, 1.54) is 25.1 Å². The lowest BCUT2D eigenvalue weighted by Crippen LogP contribution is -2.50. The molecule has 2 amide bonds. The number of methoxy groups -OCH3 is 1. The highest BCUT2D eigenvalue weighted by atomic mass is 32.2. The number of amides is 2.